The second kappa shape index (κ2) is 9.34. The third kappa shape index (κ3) is 4.46. The van der Waals surface area contributed by atoms with E-state index in [2.05, 4.69) is 10.1 Å². The van der Waals surface area contributed by atoms with E-state index < -0.39 is 5.82 Å². The molecule has 8 heteroatoms. The van der Waals surface area contributed by atoms with Crippen molar-refractivity contribution in [2.75, 3.05) is 14.2 Å². The van der Waals surface area contributed by atoms with Crippen molar-refractivity contribution < 1.29 is 18.6 Å². The molecule has 0 bridgehead atoms. The highest BCUT2D eigenvalue weighted by atomic mass is 19.1. The minimum atomic E-state index is -0.612. The van der Waals surface area contributed by atoms with Crippen LogP contribution >= 0.6 is 0 Å². The summed E-state index contributed by atoms with van der Waals surface area (Å²) >= 11 is 0. The minimum Gasteiger partial charge on any atom is -0.493 e. The van der Waals surface area contributed by atoms with Gasteiger partial charge in [0.25, 0.3) is 5.56 Å². The zero-order valence-corrected chi connectivity index (χ0v) is 19.1. The summed E-state index contributed by atoms with van der Waals surface area (Å²) in [7, 11) is 3.08. The van der Waals surface area contributed by atoms with Gasteiger partial charge in [-0.05, 0) is 29.8 Å². The fraction of sp³-hybridized carbons (Fsp3) is 0.111. The van der Waals surface area contributed by atoms with Crippen molar-refractivity contribution in [2.24, 2.45) is 0 Å². The van der Waals surface area contributed by atoms with Crippen LogP contribution in [0.5, 0.6) is 23.0 Å². The summed E-state index contributed by atoms with van der Waals surface area (Å²) in [5, 5.41) is 3.69. The molecule has 176 valence electrons. The lowest BCUT2D eigenvalue weighted by Gasteiger charge is -2.13. The standard InChI is InChI=1S/C27H22FN3O4/c1-33-25-15-20-22(16-26(25)34-2)29-11-10-23(20)35-24-9-8-19(14-21(24)28)31-27(32)13-18(30-31)12-17-6-4-3-5-7-17/h3-11,13-16,30H,12H2,1-2H3. The van der Waals surface area contributed by atoms with Crippen molar-refractivity contribution in [3.63, 3.8) is 0 Å². The first kappa shape index (κ1) is 22.2. The van der Waals surface area contributed by atoms with Crippen molar-refractivity contribution in [3.8, 4) is 28.7 Å². The molecule has 0 saturated heterocycles. The maximum Gasteiger partial charge on any atom is 0.271 e. The fourth-order valence-corrected chi connectivity index (χ4v) is 3.91. The summed E-state index contributed by atoms with van der Waals surface area (Å²) in [5.74, 6) is 0.846. The van der Waals surface area contributed by atoms with Crippen LogP contribution in [-0.2, 0) is 6.42 Å². The van der Waals surface area contributed by atoms with Crippen molar-refractivity contribution >= 4 is 10.9 Å². The first-order valence-electron chi connectivity index (χ1n) is 10.9. The van der Waals surface area contributed by atoms with Gasteiger partial charge in [0.2, 0.25) is 0 Å². The number of benzene rings is 3. The molecule has 2 aromatic heterocycles. The van der Waals surface area contributed by atoms with Crippen molar-refractivity contribution in [1.29, 1.82) is 0 Å². The lowest BCUT2D eigenvalue weighted by atomic mass is 10.1. The molecule has 0 aliphatic heterocycles. The van der Waals surface area contributed by atoms with Gasteiger partial charge in [-0.2, -0.15) is 0 Å². The van der Waals surface area contributed by atoms with E-state index in [0.29, 0.717) is 40.3 Å². The third-order valence-corrected chi connectivity index (χ3v) is 5.61. The van der Waals surface area contributed by atoms with E-state index in [0.717, 1.165) is 11.3 Å². The Labute approximate surface area is 200 Å². The van der Waals surface area contributed by atoms with Gasteiger partial charge >= 0.3 is 0 Å². The van der Waals surface area contributed by atoms with E-state index in [9.17, 15) is 4.79 Å². The lowest BCUT2D eigenvalue weighted by Crippen LogP contribution is -2.13. The Bertz CT molecular complexity index is 1560. The Balaban J connectivity index is 1.44. The predicted molar refractivity (Wildman–Crippen MR) is 131 cm³/mol. The summed E-state index contributed by atoms with van der Waals surface area (Å²) in [6.07, 6.45) is 2.14. The quantitative estimate of drug-likeness (QED) is 0.351. The lowest BCUT2D eigenvalue weighted by molar-refractivity contribution is 0.355. The van der Waals surface area contributed by atoms with Gasteiger partial charge in [-0.25, -0.2) is 9.07 Å². The number of nitrogens with zero attached hydrogens (tertiary/aromatic N) is 2. The first-order chi connectivity index (χ1) is 17.1. The molecule has 7 nitrogen and oxygen atoms in total. The molecule has 3 aromatic carbocycles. The van der Waals surface area contributed by atoms with E-state index in [4.69, 9.17) is 14.2 Å². The number of aromatic nitrogens is 3. The highest BCUT2D eigenvalue weighted by molar-refractivity contribution is 5.88. The fourth-order valence-electron chi connectivity index (χ4n) is 3.91. The largest absolute Gasteiger partial charge is 0.493 e. The normalized spacial score (nSPS) is 10.9. The number of H-pyrrole nitrogens is 1. The zero-order valence-electron chi connectivity index (χ0n) is 19.1. The van der Waals surface area contributed by atoms with Gasteiger partial charge in [0.15, 0.2) is 23.1 Å². The second-order valence-electron chi connectivity index (χ2n) is 7.87. The molecular weight excluding hydrogens is 449 g/mol. The van der Waals surface area contributed by atoms with Crippen LogP contribution in [-0.4, -0.2) is 29.0 Å². The van der Waals surface area contributed by atoms with Gasteiger partial charge in [-0.15, -0.1) is 0 Å². The van der Waals surface area contributed by atoms with Gasteiger partial charge in [0.1, 0.15) is 5.75 Å². The van der Waals surface area contributed by atoms with Gasteiger partial charge in [0.05, 0.1) is 25.4 Å². The van der Waals surface area contributed by atoms with Crippen LogP contribution in [0.2, 0.25) is 0 Å². The molecule has 1 N–H and O–H groups in total. The number of ether oxygens (including phenoxy) is 3. The number of nitrogens with one attached hydrogen (secondary N) is 1. The van der Waals surface area contributed by atoms with Crippen molar-refractivity contribution in [3.05, 3.63) is 106 Å². The van der Waals surface area contributed by atoms with Gasteiger partial charge < -0.3 is 14.2 Å². The third-order valence-electron chi connectivity index (χ3n) is 5.61. The topological polar surface area (TPSA) is 78.4 Å². The molecule has 5 rings (SSSR count). The zero-order chi connectivity index (χ0) is 24.4. The number of hydrogen-bond donors (Lipinski definition) is 1. The highest BCUT2D eigenvalue weighted by Gasteiger charge is 2.14. The van der Waals surface area contributed by atoms with Crippen LogP contribution in [0.25, 0.3) is 16.6 Å². The van der Waals surface area contributed by atoms with E-state index >= 15 is 4.39 Å². The first-order valence-corrected chi connectivity index (χ1v) is 10.9. The van der Waals surface area contributed by atoms with Crippen molar-refractivity contribution in [2.45, 2.75) is 6.42 Å². The number of methoxy groups -OCH3 is 2. The molecule has 0 spiro atoms. The predicted octanol–water partition coefficient (Wildman–Crippen LogP) is 5.25. The maximum atomic E-state index is 15.1. The molecule has 35 heavy (non-hydrogen) atoms. The van der Waals surface area contributed by atoms with Crippen LogP contribution < -0.4 is 19.8 Å². The molecule has 0 aliphatic rings. The average molecular weight is 471 g/mol. The second-order valence-corrected chi connectivity index (χ2v) is 7.87. The molecule has 0 saturated carbocycles. The molecule has 0 atom stereocenters. The molecule has 0 aliphatic carbocycles. The number of rotatable bonds is 7. The summed E-state index contributed by atoms with van der Waals surface area (Å²) in [5.41, 5.74) is 2.50. The van der Waals surface area contributed by atoms with Crippen molar-refractivity contribution in [1.82, 2.24) is 14.8 Å². The molecule has 0 radical (unpaired) electrons. The Morgan fingerprint density at radius 1 is 0.886 bits per heavy atom. The number of fused-ring (bicyclic) bond motifs is 1. The Morgan fingerprint density at radius 3 is 2.40 bits per heavy atom. The van der Waals surface area contributed by atoms with Gasteiger partial charge in [-0.1, -0.05) is 30.3 Å². The molecule has 2 heterocycles. The van der Waals surface area contributed by atoms with E-state index in [-0.39, 0.29) is 11.3 Å². The molecule has 0 fully saturated rings. The van der Waals surface area contributed by atoms with Crippen LogP contribution in [0.4, 0.5) is 4.39 Å². The minimum absolute atomic E-state index is 0.0140. The summed E-state index contributed by atoms with van der Waals surface area (Å²) < 4.78 is 33.0. The Hall–Kier alpha value is -4.59. The molecule has 0 amide bonds. The number of aromatic amines is 1. The van der Waals surface area contributed by atoms with Crippen LogP contribution in [0.1, 0.15) is 11.3 Å². The summed E-state index contributed by atoms with van der Waals surface area (Å²) in [6, 6.07) is 20.8. The van der Waals surface area contributed by atoms with Crippen LogP contribution in [0.3, 0.4) is 0 Å². The molecule has 0 unspecified atom stereocenters. The SMILES string of the molecule is COc1cc2nccc(Oc3ccc(-n4[nH]c(Cc5ccccc5)cc4=O)cc3F)c2cc1OC. The Morgan fingerprint density at radius 2 is 1.66 bits per heavy atom. The van der Waals surface area contributed by atoms with Gasteiger partial charge in [0, 0.05) is 41.9 Å². The van der Waals surface area contributed by atoms with Crippen LogP contribution in [0, 0.1) is 5.82 Å². The smallest absolute Gasteiger partial charge is 0.271 e. The number of pyridine rings is 1. The number of hydrogen-bond acceptors (Lipinski definition) is 5. The summed E-state index contributed by atoms with van der Waals surface area (Å²) in [6.45, 7) is 0. The summed E-state index contributed by atoms with van der Waals surface area (Å²) in [4.78, 5) is 16.9. The Kier molecular flexibility index (Phi) is 5.93. The number of halogens is 1. The van der Waals surface area contributed by atoms with Crippen LogP contribution in [0.15, 0.2) is 83.8 Å². The van der Waals surface area contributed by atoms with Gasteiger partial charge in [-0.3, -0.25) is 14.9 Å². The average Bonchev–Trinajstić information content (AvgIpc) is 3.24. The molecule has 5 aromatic rings. The highest BCUT2D eigenvalue weighted by Crippen LogP contribution is 2.37. The monoisotopic (exact) mass is 471 g/mol. The maximum absolute atomic E-state index is 15.1. The van der Waals surface area contributed by atoms with E-state index in [1.807, 2.05) is 30.3 Å². The van der Waals surface area contributed by atoms with E-state index in [1.165, 1.54) is 30.0 Å². The molecular formula is C27H22FN3O4. The van der Waals surface area contributed by atoms with E-state index in [1.54, 1.807) is 37.6 Å².